The molecule has 0 aromatic rings. The maximum absolute atomic E-state index is 10.8. The minimum Gasteiger partial charge on any atom is -0.419 e. The standard InChI is InChI=1S/C7H8O4.C2H6/c1-4-5(8)10-7(2,3)11-6(4)9;1-2/h1H2,2-3H3;1-2H3. The zero-order valence-electron chi connectivity index (χ0n) is 8.34. The SMILES string of the molecule is C=C1C(=O)OC(C)(C)OC1=O.CC. The monoisotopic (exact) mass is 186 g/mol. The summed E-state index contributed by atoms with van der Waals surface area (Å²) >= 11 is 0. The van der Waals surface area contributed by atoms with Gasteiger partial charge in [-0.3, -0.25) is 0 Å². The van der Waals surface area contributed by atoms with Crippen molar-refractivity contribution in [2.75, 3.05) is 0 Å². The minimum atomic E-state index is -1.16. The Balaban J connectivity index is 0.000000671. The molecular weight excluding hydrogens is 172 g/mol. The Labute approximate surface area is 77.5 Å². The molecule has 0 unspecified atom stereocenters. The van der Waals surface area contributed by atoms with Gasteiger partial charge >= 0.3 is 11.9 Å². The summed E-state index contributed by atoms with van der Waals surface area (Å²) in [5.74, 6) is -2.59. The first-order valence-corrected chi connectivity index (χ1v) is 4.08. The van der Waals surface area contributed by atoms with Crippen LogP contribution < -0.4 is 0 Å². The van der Waals surface area contributed by atoms with Gasteiger partial charge in [-0.2, -0.15) is 0 Å². The van der Waals surface area contributed by atoms with Crippen LogP contribution in [0.5, 0.6) is 0 Å². The Morgan fingerprint density at radius 1 is 1.08 bits per heavy atom. The minimum absolute atomic E-state index is 0.260. The molecule has 1 aliphatic heterocycles. The van der Waals surface area contributed by atoms with Crippen molar-refractivity contribution in [1.29, 1.82) is 0 Å². The van der Waals surface area contributed by atoms with E-state index >= 15 is 0 Å². The van der Waals surface area contributed by atoms with Crippen LogP contribution in [0.1, 0.15) is 27.7 Å². The highest BCUT2D eigenvalue weighted by molar-refractivity contribution is 6.14. The average molecular weight is 186 g/mol. The van der Waals surface area contributed by atoms with E-state index in [9.17, 15) is 9.59 Å². The van der Waals surface area contributed by atoms with Crippen LogP contribution in [-0.2, 0) is 19.1 Å². The molecule has 0 saturated carbocycles. The van der Waals surface area contributed by atoms with Gasteiger partial charge in [0.15, 0.2) is 0 Å². The van der Waals surface area contributed by atoms with Crippen molar-refractivity contribution in [3.8, 4) is 0 Å². The largest absolute Gasteiger partial charge is 0.419 e. The zero-order valence-corrected chi connectivity index (χ0v) is 8.34. The first-order valence-electron chi connectivity index (χ1n) is 4.08. The number of carbonyl (C=O) groups is 2. The molecule has 13 heavy (non-hydrogen) atoms. The Kier molecular flexibility index (Phi) is 3.66. The summed E-state index contributed by atoms with van der Waals surface area (Å²) in [6.07, 6.45) is 0. The van der Waals surface area contributed by atoms with Gasteiger partial charge in [-0.1, -0.05) is 20.4 Å². The molecule has 0 atom stereocenters. The van der Waals surface area contributed by atoms with Crippen molar-refractivity contribution in [3.63, 3.8) is 0 Å². The van der Waals surface area contributed by atoms with Crippen LogP contribution in [0.4, 0.5) is 0 Å². The van der Waals surface area contributed by atoms with Crippen LogP contribution in [0, 0.1) is 0 Å². The smallest absolute Gasteiger partial charge is 0.348 e. The summed E-state index contributed by atoms with van der Waals surface area (Å²) in [7, 11) is 0. The second kappa shape index (κ2) is 4.07. The average Bonchev–Trinajstić information content (AvgIpc) is 2.02. The molecule has 0 amide bonds. The predicted molar refractivity (Wildman–Crippen MR) is 46.8 cm³/mol. The highest BCUT2D eigenvalue weighted by Crippen LogP contribution is 2.20. The molecule has 1 saturated heterocycles. The third kappa shape index (κ3) is 2.89. The summed E-state index contributed by atoms with van der Waals surface area (Å²) in [5, 5.41) is 0. The Morgan fingerprint density at radius 3 is 1.69 bits per heavy atom. The molecule has 0 aromatic carbocycles. The molecule has 0 N–H and O–H groups in total. The van der Waals surface area contributed by atoms with Crippen molar-refractivity contribution in [2.24, 2.45) is 0 Å². The summed E-state index contributed by atoms with van der Waals surface area (Å²) in [6, 6.07) is 0. The van der Waals surface area contributed by atoms with Gasteiger partial charge in [0.2, 0.25) is 0 Å². The number of esters is 2. The quantitative estimate of drug-likeness (QED) is 0.326. The fourth-order valence-electron chi connectivity index (χ4n) is 0.674. The Morgan fingerprint density at radius 2 is 1.38 bits per heavy atom. The van der Waals surface area contributed by atoms with E-state index in [0.29, 0.717) is 0 Å². The van der Waals surface area contributed by atoms with Gasteiger partial charge in [0.25, 0.3) is 5.79 Å². The summed E-state index contributed by atoms with van der Waals surface area (Å²) in [5.41, 5.74) is -0.260. The number of ether oxygens (including phenoxy) is 2. The lowest BCUT2D eigenvalue weighted by molar-refractivity contribution is -0.222. The molecule has 1 fully saturated rings. The van der Waals surface area contributed by atoms with Gasteiger partial charge < -0.3 is 9.47 Å². The lowest BCUT2D eigenvalue weighted by Crippen LogP contribution is -2.41. The highest BCUT2D eigenvalue weighted by atomic mass is 16.7. The van der Waals surface area contributed by atoms with E-state index in [2.05, 4.69) is 16.1 Å². The normalized spacial score (nSPS) is 19.5. The second-order valence-electron chi connectivity index (χ2n) is 2.66. The molecule has 1 aliphatic rings. The number of cyclic esters (lactones) is 2. The van der Waals surface area contributed by atoms with Gasteiger partial charge in [-0.25, -0.2) is 9.59 Å². The number of rotatable bonds is 0. The van der Waals surface area contributed by atoms with Crippen LogP contribution in [-0.4, -0.2) is 17.7 Å². The molecule has 1 rings (SSSR count). The maximum Gasteiger partial charge on any atom is 0.348 e. The van der Waals surface area contributed by atoms with Crippen molar-refractivity contribution < 1.29 is 19.1 Å². The van der Waals surface area contributed by atoms with E-state index in [0.717, 1.165) is 0 Å². The van der Waals surface area contributed by atoms with E-state index in [-0.39, 0.29) is 5.57 Å². The Hall–Kier alpha value is -1.32. The van der Waals surface area contributed by atoms with E-state index in [1.165, 1.54) is 13.8 Å². The molecular formula is C9H14O4. The fourth-order valence-corrected chi connectivity index (χ4v) is 0.674. The van der Waals surface area contributed by atoms with Gasteiger partial charge in [0.05, 0.1) is 0 Å². The lowest BCUT2D eigenvalue weighted by Gasteiger charge is -2.29. The molecule has 0 radical (unpaired) electrons. The van der Waals surface area contributed by atoms with Gasteiger partial charge in [-0.05, 0) is 0 Å². The third-order valence-electron chi connectivity index (χ3n) is 1.17. The molecule has 0 bridgehead atoms. The third-order valence-corrected chi connectivity index (χ3v) is 1.17. The predicted octanol–water partition coefficient (Wildman–Crippen LogP) is 1.40. The van der Waals surface area contributed by atoms with Crippen LogP contribution >= 0.6 is 0 Å². The van der Waals surface area contributed by atoms with E-state index in [1.54, 1.807) is 0 Å². The maximum atomic E-state index is 10.8. The molecule has 1 heterocycles. The fraction of sp³-hybridized carbons (Fsp3) is 0.556. The second-order valence-corrected chi connectivity index (χ2v) is 2.66. The highest BCUT2D eigenvalue weighted by Gasteiger charge is 2.37. The molecule has 0 aromatic heterocycles. The molecule has 0 aliphatic carbocycles. The van der Waals surface area contributed by atoms with Gasteiger partial charge in [0.1, 0.15) is 5.57 Å². The van der Waals surface area contributed by atoms with Crippen molar-refractivity contribution in [3.05, 3.63) is 12.2 Å². The van der Waals surface area contributed by atoms with Crippen LogP contribution in [0.25, 0.3) is 0 Å². The number of hydrogen-bond donors (Lipinski definition) is 0. The molecule has 74 valence electrons. The van der Waals surface area contributed by atoms with Crippen LogP contribution in [0.3, 0.4) is 0 Å². The lowest BCUT2D eigenvalue weighted by atomic mass is 10.2. The number of carbonyl (C=O) groups excluding carboxylic acids is 2. The van der Waals surface area contributed by atoms with Crippen molar-refractivity contribution in [1.82, 2.24) is 0 Å². The first kappa shape index (κ1) is 11.7. The van der Waals surface area contributed by atoms with E-state index in [1.807, 2.05) is 13.8 Å². The van der Waals surface area contributed by atoms with Crippen molar-refractivity contribution in [2.45, 2.75) is 33.5 Å². The molecule has 4 nitrogen and oxygen atoms in total. The van der Waals surface area contributed by atoms with E-state index < -0.39 is 17.7 Å². The van der Waals surface area contributed by atoms with E-state index in [4.69, 9.17) is 0 Å². The Bertz CT molecular complexity index is 218. The summed E-state index contributed by atoms with van der Waals surface area (Å²) < 4.78 is 9.35. The summed E-state index contributed by atoms with van der Waals surface area (Å²) in [4.78, 5) is 21.6. The molecule has 4 heteroatoms. The number of hydrogen-bond acceptors (Lipinski definition) is 4. The van der Waals surface area contributed by atoms with Gasteiger partial charge in [0, 0.05) is 13.8 Å². The topological polar surface area (TPSA) is 52.6 Å². The zero-order chi connectivity index (χ0) is 10.6. The summed E-state index contributed by atoms with van der Waals surface area (Å²) in [6.45, 7) is 10.2. The van der Waals surface area contributed by atoms with Crippen LogP contribution in [0.2, 0.25) is 0 Å². The van der Waals surface area contributed by atoms with Crippen molar-refractivity contribution >= 4 is 11.9 Å². The molecule has 0 spiro atoms. The first-order chi connectivity index (χ1) is 5.92. The van der Waals surface area contributed by atoms with Crippen LogP contribution in [0.15, 0.2) is 12.2 Å². The van der Waals surface area contributed by atoms with Gasteiger partial charge in [-0.15, -0.1) is 0 Å².